The number of hydrogen-bond acceptors (Lipinski definition) is 1. The topological polar surface area (TPSA) is 28.9 Å². The van der Waals surface area contributed by atoms with Crippen molar-refractivity contribution in [2.24, 2.45) is 7.05 Å². The summed E-state index contributed by atoms with van der Waals surface area (Å²) in [5.41, 5.74) is 0. The molecule has 0 spiro atoms. The van der Waals surface area contributed by atoms with Crippen LogP contribution in [0.4, 0.5) is 0 Å². The molecule has 0 aromatic carbocycles. The van der Waals surface area contributed by atoms with E-state index in [1.165, 1.54) is 0 Å². The molecule has 3 nitrogen and oxygen atoms in total. The van der Waals surface area contributed by atoms with E-state index in [0.29, 0.717) is 0 Å². The van der Waals surface area contributed by atoms with Crippen molar-refractivity contribution in [2.45, 2.75) is 25.9 Å². The number of rotatable bonds is 4. The maximum absolute atomic E-state index is 5.36. The number of aromatic amines is 1. The Labute approximate surface area is 73.4 Å². The smallest absolute Gasteiger partial charge is 0.283 e. The Balaban J connectivity index is 2.72. The first-order valence-electron chi connectivity index (χ1n) is 4.35. The molecule has 1 rings (SSSR count). The molecule has 0 saturated heterocycles. The summed E-state index contributed by atoms with van der Waals surface area (Å²) in [6, 6.07) is 0. The molecule has 0 aliphatic heterocycles. The number of aryl methyl sites for hydroxylation is 1. The van der Waals surface area contributed by atoms with Crippen molar-refractivity contribution in [1.82, 2.24) is 4.98 Å². The van der Waals surface area contributed by atoms with E-state index < -0.39 is 0 Å². The van der Waals surface area contributed by atoms with Crippen LogP contribution in [-0.4, -0.2) is 12.1 Å². The first-order chi connectivity index (χ1) is 5.79. The number of H-pyrrole nitrogens is 1. The molecule has 3 heteroatoms. The van der Waals surface area contributed by atoms with Gasteiger partial charge in [-0.25, -0.2) is 9.55 Å². The minimum Gasteiger partial charge on any atom is -0.369 e. The summed E-state index contributed by atoms with van der Waals surface area (Å²) in [4.78, 5) is 3.18. The molecule has 0 bridgehead atoms. The van der Waals surface area contributed by atoms with Gasteiger partial charge in [0.15, 0.2) is 6.10 Å². The molecular weight excluding hydrogens is 152 g/mol. The Morgan fingerprint density at radius 1 is 1.67 bits per heavy atom. The van der Waals surface area contributed by atoms with Gasteiger partial charge in [0.05, 0.1) is 7.05 Å². The highest BCUT2D eigenvalue weighted by atomic mass is 16.5. The Kier molecular flexibility index (Phi) is 3.29. The van der Waals surface area contributed by atoms with Crippen molar-refractivity contribution < 1.29 is 9.30 Å². The van der Waals surface area contributed by atoms with Crippen LogP contribution in [0.2, 0.25) is 0 Å². The molecule has 0 aliphatic carbocycles. The van der Waals surface area contributed by atoms with E-state index in [-0.39, 0.29) is 6.10 Å². The average Bonchev–Trinajstić information content (AvgIpc) is 2.47. The maximum atomic E-state index is 5.36. The van der Waals surface area contributed by atoms with E-state index in [1.807, 2.05) is 19.4 Å². The van der Waals surface area contributed by atoms with Gasteiger partial charge in [0.25, 0.3) is 5.82 Å². The zero-order valence-electron chi connectivity index (χ0n) is 8.00. The summed E-state index contributed by atoms with van der Waals surface area (Å²) in [5.74, 6) is 1.14. The number of imidazole rings is 1. The molecule has 12 heavy (non-hydrogen) atoms. The number of nitrogens with one attached hydrogen (secondary N) is 1. The first-order valence-corrected chi connectivity index (χ1v) is 4.35. The second kappa shape index (κ2) is 4.26. The van der Waals surface area contributed by atoms with Crippen LogP contribution in [0.1, 0.15) is 31.7 Å². The lowest BCUT2D eigenvalue weighted by atomic mass is 10.2. The largest absolute Gasteiger partial charge is 0.369 e. The monoisotopic (exact) mass is 169 g/mol. The molecular formula is C9H17N2O+. The Morgan fingerprint density at radius 3 is 2.83 bits per heavy atom. The van der Waals surface area contributed by atoms with Crippen LogP contribution in [0.15, 0.2) is 12.4 Å². The van der Waals surface area contributed by atoms with Gasteiger partial charge >= 0.3 is 0 Å². The standard InChI is InChI=1S/C9H16N2O/c1-4-5-8(12-3)9-10-6-7-11(9)2/h6-8H,4-5H2,1-3H3/p+1. The zero-order chi connectivity index (χ0) is 8.97. The fraction of sp³-hybridized carbons (Fsp3) is 0.667. The molecule has 0 radical (unpaired) electrons. The molecule has 1 aromatic rings. The number of hydrogen-bond donors (Lipinski definition) is 1. The van der Waals surface area contributed by atoms with Gasteiger partial charge in [0.2, 0.25) is 0 Å². The summed E-state index contributed by atoms with van der Waals surface area (Å²) in [6.45, 7) is 2.16. The lowest BCUT2D eigenvalue weighted by Gasteiger charge is -2.08. The van der Waals surface area contributed by atoms with Crippen LogP contribution >= 0.6 is 0 Å². The molecule has 1 unspecified atom stereocenters. The quantitative estimate of drug-likeness (QED) is 0.677. The van der Waals surface area contributed by atoms with Crippen LogP contribution in [-0.2, 0) is 11.8 Å². The van der Waals surface area contributed by atoms with Crippen LogP contribution in [0.5, 0.6) is 0 Å². The molecule has 1 heterocycles. The Morgan fingerprint density at radius 2 is 2.42 bits per heavy atom. The summed E-state index contributed by atoms with van der Waals surface area (Å²) < 4.78 is 7.42. The minimum absolute atomic E-state index is 0.204. The maximum Gasteiger partial charge on any atom is 0.283 e. The highest BCUT2D eigenvalue weighted by molar-refractivity contribution is 4.83. The van der Waals surface area contributed by atoms with E-state index in [1.54, 1.807) is 7.11 Å². The van der Waals surface area contributed by atoms with E-state index in [0.717, 1.165) is 18.7 Å². The number of ether oxygens (including phenoxy) is 1. The highest BCUT2D eigenvalue weighted by Crippen LogP contribution is 2.16. The van der Waals surface area contributed by atoms with Crippen LogP contribution in [0.3, 0.4) is 0 Å². The number of nitrogens with zero attached hydrogens (tertiary/aromatic N) is 1. The second-order valence-corrected chi connectivity index (χ2v) is 2.97. The van der Waals surface area contributed by atoms with Gasteiger partial charge < -0.3 is 4.74 Å². The van der Waals surface area contributed by atoms with Gasteiger partial charge in [0, 0.05) is 7.11 Å². The molecule has 1 aromatic heterocycles. The number of aromatic nitrogens is 2. The van der Waals surface area contributed by atoms with Gasteiger partial charge in [-0.05, 0) is 6.42 Å². The average molecular weight is 169 g/mol. The van der Waals surface area contributed by atoms with E-state index in [2.05, 4.69) is 16.5 Å². The van der Waals surface area contributed by atoms with Crippen molar-refractivity contribution in [3.8, 4) is 0 Å². The SMILES string of the molecule is CCCC(OC)c1[nH]cc[n+]1C. The summed E-state index contributed by atoms with van der Waals surface area (Å²) in [7, 11) is 3.77. The lowest BCUT2D eigenvalue weighted by molar-refractivity contribution is -0.681. The third-order valence-electron chi connectivity index (χ3n) is 2.05. The minimum atomic E-state index is 0.204. The third-order valence-corrected chi connectivity index (χ3v) is 2.05. The first kappa shape index (κ1) is 9.26. The van der Waals surface area contributed by atoms with Crippen molar-refractivity contribution in [3.63, 3.8) is 0 Å². The van der Waals surface area contributed by atoms with Gasteiger partial charge in [0.1, 0.15) is 12.4 Å². The van der Waals surface area contributed by atoms with Gasteiger partial charge in [-0.15, -0.1) is 0 Å². The molecule has 0 aliphatic rings. The molecule has 68 valence electrons. The van der Waals surface area contributed by atoms with E-state index in [9.17, 15) is 0 Å². The zero-order valence-corrected chi connectivity index (χ0v) is 8.00. The van der Waals surface area contributed by atoms with Gasteiger partial charge in [-0.1, -0.05) is 13.3 Å². The fourth-order valence-electron chi connectivity index (χ4n) is 1.37. The van der Waals surface area contributed by atoms with E-state index in [4.69, 9.17) is 4.74 Å². The van der Waals surface area contributed by atoms with Crippen molar-refractivity contribution >= 4 is 0 Å². The fourth-order valence-corrected chi connectivity index (χ4v) is 1.37. The van der Waals surface area contributed by atoms with Crippen LogP contribution in [0.25, 0.3) is 0 Å². The van der Waals surface area contributed by atoms with Crippen molar-refractivity contribution in [1.29, 1.82) is 0 Å². The third kappa shape index (κ3) is 1.85. The molecule has 1 N–H and O–H groups in total. The normalized spacial score (nSPS) is 13.2. The molecule has 1 atom stereocenters. The van der Waals surface area contributed by atoms with Crippen molar-refractivity contribution in [3.05, 3.63) is 18.2 Å². The summed E-state index contributed by atoms with van der Waals surface area (Å²) in [5, 5.41) is 0. The number of methoxy groups -OCH3 is 1. The highest BCUT2D eigenvalue weighted by Gasteiger charge is 2.19. The molecule has 0 fully saturated rings. The van der Waals surface area contributed by atoms with Crippen molar-refractivity contribution in [2.75, 3.05) is 7.11 Å². The van der Waals surface area contributed by atoms with Gasteiger partial charge in [-0.3, -0.25) is 0 Å². The van der Waals surface area contributed by atoms with Crippen LogP contribution < -0.4 is 4.57 Å². The Bertz CT molecular complexity index is 232. The second-order valence-electron chi connectivity index (χ2n) is 2.97. The predicted octanol–water partition coefficient (Wildman–Crippen LogP) is 1.33. The lowest BCUT2D eigenvalue weighted by Crippen LogP contribution is -2.32. The summed E-state index contributed by atoms with van der Waals surface area (Å²) >= 11 is 0. The summed E-state index contributed by atoms with van der Waals surface area (Å²) in [6.07, 6.45) is 6.33. The predicted molar refractivity (Wildman–Crippen MR) is 46.6 cm³/mol. The molecule has 0 saturated carbocycles. The Hall–Kier alpha value is -0.830. The van der Waals surface area contributed by atoms with Gasteiger partial charge in [-0.2, -0.15) is 0 Å². The van der Waals surface area contributed by atoms with Crippen LogP contribution in [0, 0.1) is 0 Å². The van der Waals surface area contributed by atoms with E-state index >= 15 is 0 Å². The molecule has 0 amide bonds.